The van der Waals surface area contributed by atoms with Crippen LogP contribution in [0.5, 0.6) is 0 Å². The first-order valence-electron chi connectivity index (χ1n) is 6.16. The average Bonchev–Trinajstić information content (AvgIpc) is 2.86. The molecule has 0 bridgehead atoms. The Morgan fingerprint density at radius 1 is 1.10 bits per heavy atom. The second-order valence-electron chi connectivity index (χ2n) is 4.64. The molecule has 0 aliphatic carbocycles. The topological polar surface area (TPSA) is 69.6 Å². The molecule has 7 heteroatoms. The van der Waals surface area contributed by atoms with Gasteiger partial charge in [0.25, 0.3) is 0 Å². The van der Waals surface area contributed by atoms with Crippen LogP contribution in [0.25, 0.3) is 17.1 Å². The van der Waals surface area contributed by atoms with Crippen molar-refractivity contribution in [3.63, 3.8) is 0 Å². The van der Waals surface area contributed by atoms with Crippen LogP contribution in [0.4, 0.5) is 14.5 Å². The zero-order chi connectivity index (χ0) is 15.0. The maximum absolute atomic E-state index is 14.0. The van der Waals surface area contributed by atoms with Gasteiger partial charge in [0.05, 0.1) is 11.3 Å². The van der Waals surface area contributed by atoms with E-state index in [1.807, 2.05) is 0 Å². The molecule has 1 heterocycles. The molecule has 0 aliphatic heterocycles. The lowest BCUT2D eigenvalue weighted by Gasteiger charge is -2.07. The third-order valence-corrected chi connectivity index (χ3v) is 2.98. The minimum Gasteiger partial charge on any atom is -0.399 e. The summed E-state index contributed by atoms with van der Waals surface area (Å²) in [4.78, 5) is 0. The van der Waals surface area contributed by atoms with Crippen LogP contribution in [0.3, 0.4) is 0 Å². The highest BCUT2D eigenvalue weighted by molar-refractivity contribution is 5.61. The molecule has 0 amide bonds. The Morgan fingerprint density at radius 2 is 1.90 bits per heavy atom. The minimum absolute atomic E-state index is 0.178. The summed E-state index contributed by atoms with van der Waals surface area (Å²) >= 11 is 0. The van der Waals surface area contributed by atoms with E-state index in [4.69, 9.17) is 5.73 Å². The zero-order valence-electron chi connectivity index (χ0n) is 11.1. The van der Waals surface area contributed by atoms with Crippen molar-refractivity contribution in [1.82, 2.24) is 20.2 Å². The number of nitrogens with two attached hydrogens (primary N) is 1. The van der Waals surface area contributed by atoms with Gasteiger partial charge in [-0.3, -0.25) is 0 Å². The molecule has 0 radical (unpaired) electrons. The van der Waals surface area contributed by atoms with Crippen molar-refractivity contribution in [3.8, 4) is 17.1 Å². The number of hydrogen-bond donors (Lipinski definition) is 1. The molecule has 106 valence electrons. The maximum Gasteiger partial charge on any atom is 0.190 e. The van der Waals surface area contributed by atoms with Gasteiger partial charge in [0.1, 0.15) is 11.6 Å². The smallest absolute Gasteiger partial charge is 0.190 e. The van der Waals surface area contributed by atoms with E-state index in [2.05, 4.69) is 15.5 Å². The summed E-state index contributed by atoms with van der Waals surface area (Å²) in [6.45, 7) is 1.75. The number of anilines is 1. The van der Waals surface area contributed by atoms with E-state index >= 15 is 0 Å². The molecule has 21 heavy (non-hydrogen) atoms. The molecular weight excluding hydrogens is 276 g/mol. The third kappa shape index (κ3) is 2.45. The molecule has 0 atom stereocenters. The van der Waals surface area contributed by atoms with Gasteiger partial charge in [0, 0.05) is 5.69 Å². The SMILES string of the molecule is Cc1cc(F)cc(-n2nnnc2-c2ccc(N)cc2F)c1. The van der Waals surface area contributed by atoms with Crippen molar-refractivity contribution >= 4 is 5.69 Å². The number of benzene rings is 2. The molecule has 5 nitrogen and oxygen atoms in total. The number of aryl methyl sites for hydroxylation is 1. The van der Waals surface area contributed by atoms with Crippen LogP contribution < -0.4 is 5.73 Å². The van der Waals surface area contributed by atoms with Gasteiger partial charge in [-0.25, -0.2) is 8.78 Å². The highest BCUT2D eigenvalue weighted by atomic mass is 19.1. The Kier molecular flexibility index (Phi) is 3.09. The number of aromatic nitrogens is 4. The van der Waals surface area contributed by atoms with Gasteiger partial charge in [-0.1, -0.05) is 0 Å². The standard InChI is InChI=1S/C14H11F2N5/c1-8-4-9(15)6-11(5-8)21-14(18-19-20-21)12-3-2-10(17)7-13(12)16/h2-7H,17H2,1H3. The van der Waals surface area contributed by atoms with Crippen LogP contribution in [0.1, 0.15) is 5.56 Å². The van der Waals surface area contributed by atoms with Crippen molar-refractivity contribution in [3.05, 3.63) is 53.6 Å². The van der Waals surface area contributed by atoms with Crippen molar-refractivity contribution in [2.45, 2.75) is 6.92 Å². The van der Waals surface area contributed by atoms with Crippen molar-refractivity contribution < 1.29 is 8.78 Å². The van der Waals surface area contributed by atoms with E-state index in [1.165, 1.54) is 28.9 Å². The van der Waals surface area contributed by atoms with E-state index < -0.39 is 11.6 Å². The quantitative estimate of drug-likeness (QED) is 0.735. The molecule has 0 unspecified atom stereocenters. The zero-order valence-corrected chi connectivity index (χ0v) is 11.1. The second kappa shape index (κ2) is 4.93. The van der Waals surface area contributed by atoms with Crippen LogP contribution in [0, 0.1) is 18.6 Å². The maximum atomic E-state index is 14.0. The number of halogens is 2. The van der Waals surface area contributed by atoms with Gasteiger partial charge in [0.15, 0.2) is 5.82 Å². The minimum atomic E-state index is -0.542. The summed E-state index contributed by atoms with van der Waals surface area (Å²) in [6.07, 6.45) is 0. The van der Waals surface area contributed by atoms with Crippen LogP contribution in [0.2, 0.25) is 0 Å². The second-order valence-corrected chi connectivity index (χ2v) is 4.64. The number of nitrogen functional groups attached to an aromatic ring is 1. The first kappa shape index (κ1) is 13.2. The van der Waals surface area contributed by atoms with Crippen molar-refractivity contribution in [1.29, 1.82) is 0 Å². The largest absolute Gasteiger partial charge is 0.399 e. The van der Waals surface area contributed by atoms with E-state index in [9.17, 15) is 8.78 Å². The van der Waals surface area contributed by atoms with Crippen LogP contribution >= 0.6 is 0 Å². The number of rotatable bonds is 2. The number of tetrazole rings is 1. The van der Waals surface area contributed by atoms with E-state index in [1.54, 1.807) is 19.1 Å². The summed E-state index contributed by atoms with van der Waals surface area (Å²) in [7, 11) is 0. The van der Waals surface area contributed by atoms with Gasteiger partial charge in [-0.05, 0) is 59.3 Å². The van der Waals surface area contributed by atoms with Crippen molar-refractivity contribution in [2.75, 3.05) is 5.73 Å². The fourth-order valence-corrected chi connectivity index (χ4v) is 2.08. The molecule has 1 aromatic heterocycles. The molecular formula is C14H11F2N5. The molecule has 2 aromatic carbocycles. The predicted octanol–water partition coefficient (Wildman–Crippen LogP) is 2.50. The fourth-order valence-electron chi connectivity index (χ4n) is 2.08. The van der Waals surface area contributed by atoms with Gasteiger partial charge < -0.3 is 5.73 Å². The van der Waals surface area contributed by atoms with E-state index in [-0.39, 0.29) is 11.4 Å². The first-order chi connectivity index (χ1) is 10.0. The Labute approximate surface area is 119 Å². The Bertz CT molecular complexity index is 793. The predicted molar refractivity (Wildman–Crippen MR) is 73.7 cm³/mol. The monoisotopic (exact) mass is 287 g/mol. The Hall–Kier alpha value is -2.83. The van der Waals surface area contributed by atoms with Crippen molar-refractivity contribution in [2.24, 2.45) is 0 Å². The molecule has 3 aromatic rings. The lowest BCUT2D eigenvalue weighted by Crippen LogP contribution is -2.02. The molecule has 3 rings (SSSR count). The first-order valence-corrected chi connectivity index (χ1v) is 6.16. The summed E-state index contributed by atoms with van der Waals surface area (Å²) in [5, 5.41) is 11.2. The lowest BCUT2D eigenvalue weighted by molar-refractivity contribution is 0.622. The molecule has 0 aliphatic rings. The highest BCUT2D eigenvalue weighted by Crippen LogP contribution is 2.24. The summed E-state index contributed by atoms with van der Waals surface area (Å²) in [5.41, 5.74) is 7.15. The summed E-state index contributed by atoms with van der Waals surface area (Å²) < 4.78 is 28.8. The Balaban J connectivity index is 2.17. The van der Waals surface area contributed by atoms with E-state index in [0.717, 1.165) is 0 Å². The lowest BCUT2D eigenvalue weighted by atomic mass is 10.1. The molecule has 0 fully saturated rings. The Morgan fingerprint density at radius 3 is 2.62 bits per heavy atom. The molecule has 0 spiro atoms. The summed E-state index contributed by atoms with van der Waals surface area (Å²) in [5.74, 6) is -0.777. The molecule has 0 saturated heterocycles. The summed E-state index contributed by atoms with van der Waals surface area (Å²) in [6, 6.07) is 8.59. The number of hydrogen-bond acceptors (Lipinski definition) is 4. The molecule has 2 N–H and O–H groups in total. The molecule has 0 saturated carbocycles. The van der Waals surface area contributed by atoms with Gasteiger partial charge in [-0.2, -0.15) is 4.68 Å². The van der Waals surface area contributed by atoms with Gasteiger partial charge in [-0.15, -0.1) is 5.10 Å². The van der Waals surface area contributed by atoms with Gasteiger partial charge >= 0.3 is 0 Å². The average molecular weight is 287 g/mol. The number of nitrogens with zero attached hydrogens (tertiary/aromatic N) is 4. The third-order valence-electron chi connectivity index (χ3n) is 2.98. The van der Waals surface area contributed by atoms with Crippen LogP contribution in [0.15, 0.2) is 36.4 Å². The normalized spacial score (nSPS) is 10.8. The highest BCUT2D eigenvalue weighted by Gasteiger charge is 2.15. The van der Waals surface area contributed by atoms with Crippen LogP contribution in [-0.2, 0) is 0 Å². The fraction of sp³-hybridized carbons (Fsp3) is 0.0714. The van der Waals surface area contributed by atoms with Gasteiger partial charge in [0.2, 0.25) is 0 Å². The van der Waals surface area contributed by atoms with Crippen LogP contribution in [-0.4, -0.2) is 20.2 Å². The van der Waals surface area contributed by atoms with E-state index in [0.29, 0.717) is 16.9 Å².